The highest BCUT2D eigenvalue weighted by Crippen LogP contribution is 2.32. The van der Waals surface area contributed by atoms with E-state index >= 15 is 0 Å². The normalized spacial score (nSPS) is 10.5. The highest BCUT2D eigenvalue weighted by atomic mass is 19.1. The Bertz CT molecular complexity index is 1160. The van der Waals surface area contributed by atoms with Crippen LogP contribution in [0.5, 0.6) is 5.75 Å². The molecule has 3 rings (SSSR count). The number of ether oxygens (including phenoxy) is 1. The minimum absolute atomic E-state index is 0.0447. The van der Waals surface area contributed by atoms with Gasteiger partial charge in [0.1, 0.15) is 29.3 Å². The number of rotatable bonds is 4. The lowest BCUT2D eigenvalue weighted by Crippen LogP contribution is -2.20. The molecule has 3 N–H and O–H groups in total. The summed E-state index contributed by atoms with van der Waals surface area (Å²) in [6, 6.07) is 8.12. The standard InChI is InChI=1S/C20H17F2N5O2/c1-10-4-7-16(29-3)11(2)17(10)27-18(24)15(9-23)25-19(27)20(28)26-14-6-5-12(21)8-13(14)22/h4-8H,24H2,1-3H3,(H,26,28). The van der Waals surface area contributed by atoms with E-state index in [-0.39, 0.29) is 23.0 Å². The number of nitrogens with two attached hydrogens (primary N) is 1. The lowest BCUT2D eigenvalue weighted by Gasteiger charge is -2.17. The fourth-order valence-corrected chi connectivity index (χ4v) is 3.05. The number of halogens is 2. The van der Waals surface area contributed by atoms with Crippen LogP contribution < -0.4 is 15.8 Å². The van der Waals surface area contributed by atoms with Crippen molar-refractivity contribution in [2.24, 2.45) is 0 Å². The SMILES string of the molecule is COc1ccc(C)c(-n2c(C(=O)Nc3ccc(F)cc3F)nc(C#N)c2N)c1C. The van der Waals surface area contributed by atoms with Crippen molar-refractivity contribution in [2.45, 2.75) is 13.8 Å². The van der Waals surface area contributed by atoms with E-state index in [1.165, 1.54) is 11.7 Å². The number of nitrogen functional groups attached to an aromatic ring is 1. The monoisotopic (exact) mass is 397 g/mol. The maximum atomic E-state index is 14.0. The molecule has 0 aliphatic heterocycles. The first-order valence-electron chi connectivity index (χ1n) is 8.47. The summed E-state index contributed by atoms with van der Waals surface area (Å²) >= 11 is 0. The summed E-state index contributed by atoms with van der Waals surface area (Å²) in [4.78, 5) is 16.9. The number of aromatic nitrogens is 2. The molecule has 1 aromatic heterocycles. The van der Waals surface area contributed by atoms with Crippen LogP contribution in [0.15, 0.2) is 30.3 Å². The Balaban J connectivity index is 2.17. The molecule has 0 atom stereocenters. The lowest BCUT2D eigenvalue weighted by molar-refractivity contribution is 0.101. The van der Waals surface area contributed by atoms with Crippen LogP contribution in [0.25, 0.3) is 5.69 Å². The van der Waals surface area contributed by atoms with Crippen LogP contribution in [0, 0.1) is 36.8 Å². The third kappa shape index (κ3) is 3.48. The topological polar surface area (TPSA) is 106 Å². The maximum absolute atomic E-state index is 14.0. The zero-order chi connectivity index (χ0) is 21.3. The Morgan fingerprint density at radius 3 is 2.62 bits per heavy atom. The summed E-state index contributed by atoms with van der Waals surface area (Å²) in [5.41, 5.74) is 7.63. The number of imidazole rings is 1. The Kier molecular flexibility index (Phi) is 5.19. The van der Waals surface area contributed by atoms with Crippen LogP contribution in [0.4, 0.5) is 20.3 Å². The van der Waals surface area contributed by atoms with Crippen LogP contribution in [-0.2, 0) is 0 Å². The van der Waals surface area contributed by atoms with Crippen molar-refractivity contribution in [3.05, 3.63) is 64.6 Å². The number of nitrogens with zero attached hydrogens (tertiary/aromatic N) is 3. The summed E-state index contributed by atoms with van der Waals surface area (Å²) in [7, 11) is 1.50. The number of methoxy groups -OCH3 is 1. The van der Waals surface area contributed by atoms with Crippen LogP contribution in [0.1, 0.15) is 27.4 Å². The van der Waals surface area contributed by atoms with Crippen LogP contribution in [0.3, 0.4) is 0 Å². The molecule has 1 amide bonds. The van der Waals surface area contributed by atoms with Crippen LogP contribution in [-0.4, -0.2) is 22.6 Å². The maximum Gasteiger partial charge on any atom is 0.292 e. The number of anilines is 2. The van der Waals surface area contributed by atoms with Crippen molar-refractivity contribution in [1.29, 1.82) is 5.26 Å². The minimum Gasteiger partial charge on any atom is -0.496 e. The molecule has 3 aromatic rings. The molecule has 0 spiro atoms. The minimum atomic E-state index is -0.946. The highest BCUT2D eigenvalue weighted by molar-refractivity contribution is 6.03. The van der Waals surface area contributed by atoms with Gasteiger partial charge in [-0.05, 0) is 37.6 Å². The summed E-state index contributed by atoms with van der Waals surface area (Å²) in [6.45, 7) is 3.57. The molecule has 0 saturated heterocycles. The fraction of sp³-hybridized carbons (Fsp3) is 0.150. The smallest absolute Gasteiger partial charge is 0.292 e. The third-order valence-electron chi connectivity index (χ3n) is 4.43. The van der Waals surface area contributed by atoms with Crippen molar-refractivity contribution in [3.63, 3.8) is 0 Å². The van der Waals surface area contributed by atoms with Gasteiger partial charge in [-0.15, -0.1) is 0 Å². The first kappa shape index (κ1) is 19.8. The average Bonchev–Trinajstić information content (AvgIpc) is 3.01. The molecule has 0 bridgehead atoms. The van der Waals surface area contributed by atoms with Gasteiger partial charge in [-0.2, -0.15) is 5.26 Å². The van der Waals surface area contributed by atoms with Gasteiger partial charge in [-0.25, -0.2) is 13.8 Å². The number of carbonyl (C=O) groups is 1. The van der Waals surface area contributed by atoms with Crippen molar-refractivity contribution in [2.75, 3.05) is 18.2 Å². The van der Waals surface area contributed by atoms with E-state index in [9.17, 15) is 18.8 Å². The number of nitriles is 1. The van der Waals surface area contributed by atoms with E-state index in [0.29, 0.717) is 23.1 Å². The van der Waals surface area contributed by atoms with E-state index in [2.05, 4.69) is 10.3 Å². The van der Waals surface area contributed by atoms with Gasteiger partial charge in [-0.1, -0.05) is 6.07 Å². The Hall–Kier alpha value is -3.93. The summed E-state index contributed by atoms with van der Waals surface area (Å²) in [6.07, 6.45) is 0. The second kappa shape index (κ2) is 7.59. The molecule has 2 aromatic carbocycles. The summed E-state index contributed by atoms with van der Waals surface area (Å²) in [5, 5.41) is 11.7. The molecular formula is C20H17F2N5O2. The van der Waals surface area contributed by atoms with Crippen molar-refractivity contribution in [3.8, 4) is 17.5 Å². The summed E-state index contributed by atoms with van der Waals surface area (Å²) < 4.78 is 33.7. The first-order chi connectivity index (χ1) is 13.8. The second-order valence-corrected chi connectivity index (χ2v) is 6.25. The highest BCUT2D eigenvalue weighted by Gasteiger charge is 2.25. The molecule has 1 heterocycles. The van der Waals surface area contributed by atoms with Crippen molar-refractivity contribution < 1.29 is 18.3 Å². The third-order valence-corrected chi connectivity index (χ3v) is 4.43. The largest absolute Gasteiger partial charge is 0.496 e. The number of hydrogen-bond acceptors (Lipinski definition) is 5. The lowest BCUT2D eigenvalue weighted by atomic mass is 10.1. The Labute approximate surface area is 165 Å². The molecular weight excluding hydrogens is 380 g/mol. The predicted octanol–water partition coefficient (Wildman–Crippen LogP) is 3.48. The molecule has 0 radical (unpaired) electrons. The number of amides is 1. The quantitative estimate of drug-likeness (QED) is 0.701. The van der Waals surface area contributed by atoms with Crippen molar-refractivity contribution >= 4 is 17.4 Å². The molecule has 7 nitrogen and oxygen atoms in total. The molecule has 29 heavy (non-hydrogen) atoms. The molecule has 0 aliphatic carbocycles. The molecule has 9 heteroatoms. The van der Waals surface area contributed by atoms with Gasteiger partial charge < -0.3 is 15.8 Å². The van der Waals surface area contributed by atoms with Crippen LogP contribution >= 0.6 is 0 Å². The van der Waals surface area contributed by atoms with E-state index in [4.69, 9.17) is 10.5 Å². The molecule has 0 unspecified atom stereocenters. The van der Waals surface area contributed by atoms with E-state index in [1.54, 1.807) is 26.0 Å². The van der Waals surface area contributed by atoms with Gasteiger partial charge in [0.2, 0.25) is 5.82 Å². The number of hydrogen-bond donors (Lipinski definition) is 2. The molecule has 0 aliphatic rings. The first-order valence-corrected chi connectivity index (χ1v) is 8.47. The van der Waals surface area contributed by atoms with Gasteiger partial charge in [0.25, 0.3) is 5.91 Å². The second-order valence-electron chi connectivity index (χ2n) is 6.25. The van der Waals surface area contributed by atoms with Gasteiger partial charge >= 0.3 is 0 Å². The van der Waals surface area contributed by atoms with Gasteiger partial charge in [0, 0.05) is 11.6 Å². The number of aryl methyl sites for hydroxylation is 1. The molecule has 0 saturated carbocycles. The van der Waals surface area contributed by atoms with E-state index in [0.717, 1.165) is 17.7 Å². The zero-order valence-electron chi connectivity index (χ0n) is 15.9. The number of nitrogens with one attached hydrogen (secondary N) is 1. The van der Waals surface area contributed by atoms with Gasteiger partial charge in [0.05, 0.1) is 18.5 Å². The van der Waals surface area contributed by atoms with E-state index in [1.807, 2.05) is 6.07 Å². The Morgan fingerprint density at radius 1 is 1.28 bits per heavy atom. The zero-order valence-corrected chi connectivity index (χ0v) is 15.9. The van der Waals surface area contributed by atoms with Gasteiger partial charge in [0.15, 0.2) is 5.69 Å². The van der Waals surface area contributed by atoms with Crippen LogP contribution in [0.2, 0.25) is 0 Å². The summed E-state index contributed by atoms with van der Waals surface area (Å²) in [5.74, 6) is -2.25. The van der Waals surface area contributed by atoms with Crippen molar-refractivity contribution in [1.82, 2.24) is 9.55 Å². The van der Waals surface area contributed by atoms with E-state index < -0.39 is 17.5 Å². The average molecular weight is 397 g/mol. The number of carbonyl (C=O) groups excluding carboxylic acids is 1. The molecule has 0 fully saturated rings. The predicted molar refractivity (Wildman–Crippen MR) is 103 cm³/mol. The Morgan fingerprint density at radius 2 is 2.00 bits per heavy atom. The fourth-order valence-electron chi connectivity index (χ4n) is 3.05. The number of benzene rings is 2. The molecule has 148 valence electrons. The van der Waals surface area contributed by atoms with Gasteiger partial charge in [-0.3, -0.25) is 9.36 Å².